The Kier molecular flexibility index (Phi) is 3.49. The summed E-state index contributed by atoms with van der Waals surface area (Å²) in [4.78, 5) is 3.99. The summed E-state index contributed by atoms with van der Waals surface area (Å²) in [5.41, 5.74) is 0.331. The molecule has 0 unspecified atom stereocenters. The number of hydrogen-bond donors (Lipinski definition) is 0. The van der Waals surface area contributed by atoms with E-state index >= 15 is 0 Å². The van der Waals surface area contributed by atoms with E-state index in [-0.39, 0.29) is 16.9 Å². The number of nitrogens with zero attached hydrogens (tertiary/aromatic N) is 4. The van der Waals surface area contributed by atoms with E-state index in [1.807, 2.05) is 19.9 Å². The quantitative estimate of drug-likeness (QED) is 0.852. The molecular formula is C12H11ClN4O. The molecule has 0 aliphatic carbocycles. The van der Waals surface area contributed by atoms with Gasteiger partial charge in [0.25, 0.3) is 0 Å². The number of aromatic nitrogens is 3. The molecule has 0 saturated heterocycles. The molecule has 2 heterocycles. The monoisotopic (exact) mass is 262 g/mol. The fourth-order valence-electron chi connectivity index (χ4n) is 1.35. The number of halogens is 1. The summed E-state index contributed by atoms with van der Waals surface area (Å²) >= 11 is 5.99. The van der Waals surface area contributed by atoms with Crippen molar-refractivity contribution >= 4 is 11.6 Å². The highest BCUT2D eigenvalue weighted by molar-refractivity contribution is 6.33. The fraction of sp³-hybridized carbons (Fsp3) is 0.250. The fourth-order valence-corrected chi connectivity index (χ4v) is 1.54. The highest BCUT2D eigenvalue weighted by Gasteiger charge is 2.11. The van der Waals surface area contributed by atoms with Gasteiger partial charge in [-0.2, -0.15) is 10.4 Å². The second-order valence-corrected chi connectivity index (χ2v) is 4.32. The molecule has 0 fully saturated rings. The summed E-state index contributed by atoms with van der Waals surface area (Å²) in [6.07, 6.45) is 4.81. The van der Waals surface area contributed by atoms with E-state index in [1.54, 1.807) is 17.1 Å². The molecule has 0 radical (unpaired) electrons. The maximum Gasteiger partial charge on any atom is 0.239 e. The van der Waals surface area contributed by atoms with Crippen molar-refractivity contribution in [1.29, 1.82) is 5.26 Å². The first-order chi connectivity index (χ1) is 8.61. The van der Waals surface area contributed by atoms with Gasteiger partial charge in [-0.05, 0) is 19.9 Å². The predicted molar refractivity (Wildman–Crippen MR) is 66.6 cm³/mol. The van der Waals surface area contributed by atoms with Crippen LogP contribution in [-0.4, -0.2) is 14.8 Å². The number of nitriles is 1. The first kappa shape index (κ1) is 12.4. The summed E-state index contributed by atoms with van der Waals surface area (Å²) in [6.45, 7) is 4.02. The van der Waals surface area contributed by atoms with Crippen LogP contribution in [0.25, 0.3) is 0 Å². The highest BCUT2D eigenvalue weighted by atomic mass is 35.5. The van der Waals surface area contributed by atoms with E-state index in [1.165, 1.54) is 12.3 Å². The molecule has 0 aromatic carbocycles. The second-order valence-electron chi connectivity index (χ2n) is 3.94. The van der Waals surface area contributed by atoms with Crippen LogP contribution in [0.15, 0.2) is 24.7 Å². The van der Waals surface area contributed by atoms with E-state index in [4.69, 9.17) is 21.6 Å². The summed E-state index contributed by atoms with van der Waals surface area (Å²) in [5, 5.41) is 13.2. The van der Waals surface area contributed by atoms with Crippen molar-refractivity contribution in [3.63, 3.8) is 0 Å². The molecule has 2 aromatic rings. The Bertz CT molecular complexity index is 600. The minimum atomic E-state index is 0.206. The normalized spacial score (nSPS) is 10.4. The second kappa shape index (κ2) is 5.07. The van der Waals surface area contributed by atoms with Gasteiger partial charge in [0.15, 0.2) is 5.75 Å². The van der Waals surface area contributed by atoms with Crippen LogP contribution in [0.1, 0.15) is 25.5 Å². The molecule has 0 bridgehead atoms. The van der Waals surface area contributed by atoms with Crippen molar-refractivity contribution in [3.8, 4) is 17.7 Å². The number of pyridine rings is 1. The van der Waals surface area contributed by atoms with Gasteiger partial charge in [0.1, 0.15) is 11.1 Å². The predicted octanol–water partition coefficient (Wildman–Crippen LogP) is 3.18. The van der Waals surface area contributed by atoms with E-state index in [0.29, 0.717) is 11.3 Å². The Hall–Kier alpha value is -2.06. The molecule has 92 valence electrons. The average molecular weight is 263 g/mol. The smallest absolute Gasteiger partial charge is 0.239 e. The maximum absolute atomic E-state index is 8.85. The number of rotatable bonds is 3. The molecule has 5 nitrogen and oxygen atoms in total. The molecule has 0 spiro atoms. The van der Waals surface area contributed by atoms with Crippen LogP contribution in [0.4, 0.5) is 0 Å². The zero-order valence-electron chi connectivity index (χ0n) is 9.96. The van der Waals surface area contributed by atoms with Crippen LogP contribution in [0.2, 0.25) is 5.02 Å². The minimum Gasteiger partial charge on any atom is -0.434 e. The summed E-state index contributed by atoms with van der Waals surface area (Å²) < 4.78 is 7.27. The topological polar surface area (TPSA) is 63.7 Å². The third kappa shape index (κ3) is 2.44. The highest BCUT2D eigenvalue weighted by Crippen LogP contribution is 2.29. The van der Waals surface area contributed by atoms with Crippen LogP contribution >= 0.6 is 11.6 Å². The Morgan fingerprint density at radius 2 is 2.28 bits per heavy atom. The van der Waals surface area contributed by atoms with Gasteiger partial charge in [0.05, 0.1) is 18.0 Å². The molecule has 0 saturated carbocycles. The lowest BCUT2D eigenvalue weighted by Gasteiger charge is -2.05. The Morgan fingerprint density at radius 3 is 2.89 bits per heavy atom. The van der Waals surface area contributed by atoms with Gasteiger partial charge < -0.3 is 4.74 Å². The van der Waals surface area contributed by atoms with E-state index in [2.05, 4.69) is 10.1 Å². The molecule has 0 aliphatic heterocycles. The van der Waals surface area contributed by atoms with E-state index < -0.39 is 0 Å². The van der Waals surface area contributed by atoms with E-state index in [9.17, 15) is 0 Å². The summed E-state index contributed by atoms with van der Waals surface area (Å²) in [5.74, 6) is 0.743. The van der Waals surface area contributed by atoms with Gasteiger partial charge in [-0.1, -0.05) is 11.6 Å². The van der Waals surface area contributed by atoms with Gasteiger partial charge in [0, 0.05) is 12.2 Å². The lowest BCUT2D eigenvalue weighted by molar-refractivity contribution is 0.459. The molecular weight excluding hydrogens is 252 g/mol. The molecule has 2 rings (SSSR count). The van der Waals surface area contributed by atoms with Crippen molar-refractivity contribution in [2.75, 3.05) is 0 Å². The average Bonchev–Trinajstić information content (AvgIpc) is 2.80. The van der Waals surface area contributed by atoms with Gasteiger partial charge in [-0.15, -0.1) is 0 Å². The van der Waals surface area contributed by atoms with E-state index in [0.717, 1.165) is 0 Å². The Balaban J connectivity index is 2.26. The first-order valence-electron chi connectivity index (χ1n) is 5.38. The summed E-state index contributed by atoms with van der Waals surface area (Å²) in [6, 6.07) is 3.75. The molecule has 2 aromatic heterocycles. The van der Waals surface area contributed by atoms with Crippen LogP contribution in [0.5, 0.6) is 11.6 Å². The van der Waals surface area contributed by atoms with Crippen molar-refractivity contribution in [2.24, 2.45) is 0 Å². The minimum absolute atomic E-state index is 0.206. The molecule has 0 amide bonds. The van der Waals surface area contributed by atoms with Crippen LogP contribution in [-0.2, 0) is 0 Å². The molecule has 0 atom stereocenters. The molecule has 0 aliphatic rings. The molecule has 18 heavy (non-hydrogen) atoms. The lowest BCUT2D eigenvalue weighted by atomic mass is 10.3. The Labute approximate surface area is 110 Å². The number of hydrogen-bond acceptors (Lipinski definition) is 4. The van der Waals surface area contributed by atoms with Gasteiger partial charge in [0.2, 0.25) is 5.88 Å². The lowest BCUT2D eigenvalue weighted by Crippen LogP contribution is -1.99. The van der Waals surface area contributed by atoms with Crippen molar-refractivity contribution in [2.45, 2.75) is 19.9 Å². The molecule has 6 heteroatoms. The van der Waals surface area contributed by atoms with Crippen molar-refractivity contribution in [1.82, 2.24) is 14.8 Å². The SMILES string of the molecule is CC(C)n1cc(Oc2nccc(C#N)c2Cl)cn1. The maximum atomic E-state index is 8.85. The Morgan fingerprint density at radius 1 is 1.50 bits per heavy atom. The summed E-state index contributed by atoms with van der Waals surface area (Å²) in [7, 11) is 0. The van der Waals surface area contributed by atoms with Crippen LogP contribution in [0, 0.1) is 11.3 Å². The van der Waals surface area contributed by atoms with Gasteiger partial charge in [-0.25, -0.2) is 4.98 Å². The first-order valence-corrected chi connectivity index (χ1v) is 5.76. The zero-order chi connectivity index (χ0) is 13.1. The number of ether oxygens (including phenoxy) is 1. The molecule has 0 N–H and O–H groups in total. The third-order valence-electron chi connectivity index (χ3n) is 2.30. The van der Waals surface area contributed by atoms with Crippen LogP contribution < -0.4 is 4.74 Å². The van der Waals surface area contributed by atoms with Gasteiger partial charge in [-0.3, -0.25) is 4.68 Å². The van der Waals surface area contributed by atoms with Crippen molar-refractivity contribution in [3.05, 3.63) is 35.2 Å². The third-order valence-corrected chi connectivity index (χ3v) is 2.66. The standard InChI is InChI=1S/C12H11ClN4O/c1-8(2)17-7-10(6-16-17)18-12-11(13)9(5-14)3-4-15-12/h3-4,6-8H,1-2H3. The largest absolute Gasteiger partial charge is 0.434 e. The van der Waals surface area contributed by atoms with Crippen molar-refractivity contribution < 1.29 is 4.74 Å². The van der Waals surface area contributed by atoms with Gasteiger partial charge >= 0.3 is 0 Å². The zero-order valence-corrected chi connectivity index (χ0v) is 10.7. The van der Waals surface area contributed by atoms with Crippen LogP contribution in [0.3, 0.4) is 0 Å².